The number of phosphoric acid groups is 1. The summed E-state index contributed by atoms with van der Waals surface area (Å²) >= 11 is 0. The van der Waals surface area contributed by atoms with Crippen LogP contribution in [0.4, 0.5) is 0 Å². The molecule has 0 fully saturated rings. The zero-order valence-electron chi connectivity index (χ0n) is 9.68. The highest BCUT2D eigenvalue weighted by Gasteiger charge is 2.13. The first-order valence-corrected chi connectivity index (χ1v) is 6.78. The quantitative estimate of drug-likeness (QED) is 0.370. The molecule has 0 radical (unpaired) electrons. The van der Waals surface area contributed by atoms with Crippen LogP contribution < -0.4 is 5.63 Å². The van der Waals surface area contributed by atoms with E-state index in [4.69, 9.17) is 18.9 Å². The Morgan fingerprint density at radius 3 is 2.74 bits per heavy atom. The Morgan fingerprint density at radius 1 is 1.26 bits per heavy atom. The molecule has 0 spiro atoms. The first-order valence-electron chi connectivity index (χ1n) is 5.25. The van der Waals surface area contributed by atoms with E-state index < -0.39 is 20.2 Å². The molecule has 1 heterocycles. The van der Waals surface area contributed by atoms with Crippen molar-refractivity contribution in [3.05, 3.63) is 46.3 Å². The highest BCUT2D eigenvalue weighted by atomic mass is 31.2. The van der Waals surface area contributed by atoms with Crippen LogP contribution in [0.15, 0.2) is 39.5 Å². The minimum Gasteiger partial charge on any atom is -0.422 e. The molecule has 1 aromatic heterocycles. The van der Waals surface area contributed by atoms with Crippen LogP contribution in [0.2, 0.25) is 0 Å². The van der Waals surface area contributed by atoms with Crippen LogP contribution in [-0.2, 0) is 20.4 Å². The Labute approximate surface area is 107 Å². The summed E-state index contributed by atoms with van der Waals surface area (Å²) in [5.74, 6) is 0. The fraction of sp³-hybridized carbons (Fsp3) is 0.182. The minimum atomic E-state index is -4.56. The van der Waals surface area contributed by atoms with Gasteiger partial charge in [0.1, 0.15) is 5.58 Å². The van der Waals surface area contributed by atoms with E-state index in [0.29, 0.717) is 5.58 Å². The largest absolute Gasteiger partial charge is 0.471 e. The van der Waals surface area contributed by atoms with Crippen LogP contribution in [0.5, 0.6) is 0 Å². The van der Waals surface area contributed by atoms with E-state index in [1.54, 1.807) is 30.3 Å². The number of hydrogen-bond donors (Lipinski definition) is 2. The van der Waals surface area contributed by atoms with Crippen LogP contribution in [0.1, 0.15) is 5.56 Å². The number of para-hydroxylation sites is 1. The Hall–Kier alpha value is -1.50. The van der Waals surface area contributed by atoms with Crippen LogP contribution >= 0.6 is 7.82 Å². The van der Waals surface area contributed by atoms with Crippen LogP contribution in [-0.4, -0.2) is 16.6 Å². The number of ether oxygens (including phenoxy) is 1. The highest BCUT2D eigenvalue weighted by Crippen LogP contribution is 2.35. The molecule has 0 unspecified atom stereocenters. The van der Waals surface area contributed by atoms with Crippen LogP contribution in [0.3, 0.4) is 0 Å². The molecule has 102 valence electrons. The molecule has 0 aliphatic carbocycles. The third-order valence-electron chi connectivity index (χ3n) is 2.28. The molecule has 1 aromatic carbocycles. The predicted octanol–water partition coefficient (Wildman–Crippen LogP) is 1.38. The van der Waals surface area contributed by atoms with Crippen molar-refractivity contribution in [2.24, 2.45) is 0 Å². The van der Waals surface area contributed by atoms with Gasteiger partial charge < -0.3 is 18.9 Å². The van der Waals surface area contributed by atoms with Crippen molar-refractivity contribution < 1.29 is 28.0 Å². The van der Waals surface area contributed by atoms with E-state index in [0.717, 1.165) is 5.39 Å². The average molecular weight is 286 g/mol. The summed E-state index contributed by atoms with van der Waals surface area (Å²) in [6, 6.07) is 8.57. The summed E-state index contributed by atoms with van der Waals surface area (Å²) in [6.07, 6.45) is 0. The standard InChI is InChI=1S/C11H11O7P/c12-11-9(6-16-7-17-19(13,14)15)5-8-3-1-2-4-10(8)18-11/h1-5H,6-7H2,(H2,13,14,15). The lowest BCUT2D eigenvalue weighted by Crippen LogP contribution is -2.09. The fourth-order valence-electron chi connectivity index (χ4n) is 1.46. The predicted molar refractivity (Wildman–Crippen MR) is 65.3 cm³/mol. The van der Waals surface area contributed by atoms with Crippen molar-refractivity contribution in [1.82, 2.24) is 0 Å². The lowest BCUT2D eigenvalue weighted by atomic mass is 10.2. The normalized spacial score (nSPS) is 11.9. The molecule has 19 heavy (non-hydrogen) atoms. The second-order valence-corrected chi connectivity index (χ2v) is 4.92. The van der Waals surface area contributed by atoms with Crippen molar-refractivity contribution in [3.8, 4) is 0 Å². The van der Waals surface area contributed by atoms with Gasteiger partial charge in [0.05, 0.1) is 12.2 Å². The van der Waals surface area contributed by atoms with Crippen LogP contribution in [0, 0.1) is 0 Å². The molecule has 0 saturated heterocycles. The van der Waals surface area contributed by atoms with Crippen molar-refractivity contribution in [2.45, 2.75) is 6.61 Å². The Balaban J connectivity index is 2.06. The van der Waals surface area contributed by atoms with Gasteiger partial charge in [0.15, 0.2) is 6.79 Å². The van der Waals surface area contributed by atoms with Crippen molar-refractivity contribution in [1.29, 1.82) is 0 Å². The third kappa shape index (κ3) is 3.99. The number of fused-ring (bicyclic) bond motifs is 1. The van der Waals surface area contributed by atoms with E-state index in [-0.39, 0.29) is 12.2 Å². The van der Waals surface area contributed by atoms with Gasteiger partial charge in [0.2, 0.25) is 0 Å². The minimum absolute atomic E-state index is 0.160. The number of hydrogen-bond acceptors (Lipinski definition) is 5. The summed E-state index contributed by atoms with van der Waals surface area (Å²) in [4.78, 5) is 28.5. The second-order valence-electron chi connectivity index (χ2n) is 3.68. The van der Waals surface area contributed by atoms with Gasteiger partial charge in [-0.05, 0) is 12.1 Å². The third-order valence-corrected chi connectivity index (χ3v) is 2.72. The maximum Gasteiger partial charge on any atom is 0.471 e. The molecule has 0 amide bonds. The molecule has 0 saturated carbocycles. The number of rotatable bonds is 5. The summed E-state index contributed by atoms with van der Waals surface area (Å²) < 4.78 is 24.4. The number of phosphoric ester groups is 1. The van der Waals surface area contributed by atoms with Crippen LogP contribution in [0.25, 0.3) is 11.0 Å². The van der Waals surface area contributed by atoms with Gasteiger partial charge in [-0.1, -0.05) is 18.2 Å². The molecular formula is C11H11O7P. The highest BCUT2D eigenvalue weighted by molar-refractivity contribution is 7.46. The maximum absolute atomic E-state index is 11.6. The monoisotopic (exact) mass is 286 g/mol. The van der Waals surface area contributed by atoms with Gasteiger partial charge in [-0.25, -0.2) is 9.36 Å². The van der Waals surface area contributed by atoms with Crippen molar-refractivity contribution in [3.63, 3.8) is 0 Å². The molecule has 0 atom stereocenters. The molecule has 0 aliphatic rings. The molecular weight excluding hydrogens is 275 g/mol. The smallest absolute Gasteiger partial charge is 0.422 e. The topological polar surface area (TPSA) is 106 Å². The molecule has 0 aliphatic heterocycles. The second kappa shape index (κ2) is 5.64. The van der Waals surface area contributed by atoms with Crippen molar-refractivity contribution in [2.75, 3.05) is 6.79 Å². The molecule has 8 heteroatoms. The molecule has 2 rings (SSSR count). The van der Waals surface area contributed by atoms with Gasteiger partial charge in [-0.3, -0.25) is 4.52 Å². The van der Waals surface area contributed by atoms with E-state index in [1.165, 1.54) is 0 Å². The first kappa shape index (κ1) is 13.9. The molecule has 2 N–H and O–H groups in total. The Morgan fingerprint density at radius 2 is 2.00 bits per heavy atom. The van der Waals surface area contributed by atoms with Gasteiger partial charge >= 0.3 is 13.4 Å². The maximum atomic E-state index is 11.6. The van der Waals surface area contributed by atoms with Crippen molar-refractivity contribution >= 4 is 18.8 Å². The summed E-state index contributed by atoms with van der Waals surface area (Å²) in [5.41, 5.74) is 0.144. The fourth-order valence-corrected chi connectivity index (χ4v) is 1.67. The molecule has 7 nitrogen and oxygen atoms in total. The summed E-state index contributed by atoms with van der Waals surface area (Å²) in [5, 5.41) is 0.733. The zero-order chi connectivity index (χ0) is 13.9. The van der Waals surface area contributed by atoms with Gasteiger partial charge in [-0.15, -0.1) is 0 Å². The Bertz CT molecular complexity index is 672. The Kier molecular flexibility index (Phi) is 4.14. The van der Waals surface area contributed by atoms with E-state index in [1.807, 2.05) is 0 Å². The number of benzene rings is 1. The first-order chi connectivity index (χ1) is 8.96. The van der Waals surface area contributed by atoms with Gasteiger partial charge in [0, 0.05) is 5.39 Å². The SMILES string of the molecule is O=c1oc2ccccc2cc1COCOP(=O)(O)O. The van der Waals surface area contributed by atoms with E-state index >= 15 is 0 Å². The van der Waals surface area contributed by atoms with E-state index in [9.17, 15) is 9.36 Å². The summed E-state index contributed by atoms with van der Waals surface area (Å²) in [6.45, 7) is -0.774. The van der Waals surface area contributed by atoms with E-state index in [2.05, 4.69) is 4.52 Å². The lowest BCUT2D eigenvalue weighted by Gasteiger charge is -2.06. The average Bonchev–Trinajstić information content (AvgIpc) is 2.33. The summed E-state index contributed by atoms with van der Waals surface area (Å²) in [7, 11) is -4.56. The molecule has 0 bridgehead atoms. The lowest BCUT2D eigenvalue weighted by molar-refractivity contribution is -0.0115. The van der Waals surface area contributed by atoms with Gasteiger partial charge in [0.25, 0.3) is 0 Å². The zero-order valence-corrected chi connectivity index (χ0v) is 10.6. The van der Waals surface area contributed by atoms with Gasteiger partial charge in [-0.2, -0.15) is 0 Å². The molecule has 2 aromatic rings.